The number of hydrogen-bond donors (Lipinski definition) is 2. The van der Waals surface area contributed by atoms with Gasteiger partial charge in [-0.15, -0.1) is 0 Å². The molecule has 3 aromatic carbocycles. The number of halogens is 2. The molecular weight excluding hydrogens is 586 g/mol. The molecule has 0 spiro atoms. The van der Waals surface area contributed by atoms with E-state index in [2.05, 4.69) is 34.4 Å². The van der Waals surface area contributed by atoms with Crippen molar-refractivity contribution in [2.45, 2.75) is 40.2 Å². The Balaban J connectivity index is 1.62. The summed E-state index contributed by atoms with van der Waals surface area (Å²) in [5.74, 6) is -1.86. The molecule has 0 saturated carbocycles. The topological polar surface area (TPSA) is 92.2 Å². The largest absolute Gasteiger partial charge is 0.354 e. The first-order valence-electron chi connectivity index (χ1n) is 15.5. The molecular formula is C36H38F2N6O2. The van der Waals surface area contributed by atoms with Gasteiger partial charge in [0.25, 0.3) is 11.5 Å². The van der Waals surface area contributed by atoms with Gasteiger partial charge in [0.05, 0.1) is 11.7 Å². The number of aromatic nitrogens is 3. The van der Waals surface area contributed by atoms with Crippen molar-refractivity contribution in [3.63, 3.8) is 0 Å². The number of rotatable bonds is 12. The number of amides is 1. The van der Waals surface area contributed by atoms with Crippen molar-refractivity contribution >= 4 is 22.9 Å². The van der Waals surface area contributed by atoms with Crippen LogP contribution in [-0.4, -0.2) is 51.5 Å². The molecule has 1 atom stereocenters. The first-order chi connectivity index (χ1) is 22.2. The number of aryl methyl sites for hydroxylation is 1. The van der Waals surface area contributed by atoms with Gasteiger partial charge in [0, 0.05) is 29.1 Å². The number of carbonyl (C=O) groups is 1. The average Bonchev–Trinajstić information content (AvgIpc) is 3.06. The molecule has 0 aliphatic heterocycles. The fourth-order valence-electron chi connectivity index (χ4n) is 5.48. The van der Waals surface area contributed by atoms with Crippen LogP contribution < -0.4 is 16.2 Å². The normalized spacial score (nSPS) is 12.0. The number of anilines is 1. The molecule has 0 bridgehead atoms. The second kappa shape index (κ2) is 14.4. The van der Waals surface area contributed by atoms with E-state index in [9.17, 15) is 9.59 Å². The highest BCUT2D eigenvalue weighted by molar-refractivity contribution is 5.98. The van der Waals surface area contributed by atoms with Gasteiger partial charge in [0.1, 0.15) is 17.3 Å². The lowest BCUT2D eigenvalue weighted by molar-refractivity contribution is 0.0940. The molecule has 0 aliphatic rings. The van der Waals surface area contributed by atoms with Crippen molar-refractivity contribution in [3.8, 4) is 16.9 Å². The molecule has 0 fully saturated rings. The van der Waals surface area contributed by atoms with Crippen LogP contribution in [0.4, 0.5) is 14.7 Å². The van der Waals surface area contributed by atoms with E-state index in [-0.39, 0.29) is 23.5 Å². The van der Waals surface area contributed by atoms with Crippen molar-refractivity contribution in [1.82, 2.24) is 24.8 Å². The quantitative estimate of drug-likeness (QED) is 0.151. The number of carbonyl (C=O) groups excluding carboxylic acids is 1. The molecule has 0 saturated heterocycles. The first-order valence-corrected chi connectivity index (χ1v) is 15.5. The lowest BCUT2D eigenvalue weighted by Gasteiger charge is -2.19. The van der Waals surface area contributed by atoms with Crippen LogP contribution in [0.15, 0.2) is 83.7 Å². The first kappa shape index (κ1) is 32.4. The lowest BCUT2D eigenvalue weighted by atomic mass is 9.99. The number of nitrogens with zero attached hydrogens (tertiary/aromatic N) is 4. The maximum absolute atomic E-state index is 15.1. The summed E-state index contributed by atoms with van der Waals surface area (Å²) in [6, 6.07) is 21.0. The minimum absolute atomic E-state index is 0.0414. The molecule has 0 radical (unpaired) electrons. The summed E-state index contributed by atoms with van der Waals surface area (Å²) in [4.78, 5) is 38.4. The SMILES string of the molecule is CCN(CC)CCCNc1nc(-c2cc(C(=O)N[C@@H](C)c3ccccc3)ccc2C)c2ccc(=O)n(-c3c(F)cccc3F)c2n1. The van der Waals surface area contributed by atoms with Crippen LogP contribution in [0.5, 0.6) is 0 Å². The van der Waals surface area contributed by atoms with Gasteiger partial charge in [0.15, 0.2) is 5.65 Å². The van der Waals surface area contributed by atoms with Crippen LogP contribution in [0.3, 0.4) is 0 Å². The van der Waals surface area contributed by atoms with Gasteiger partial charge in [0.2, 0.25) is 5.95 Å². The van der Waals surface area contributed by atoms with E-state index in [1.54, 1.807) is 18.2 Å². The van der Waals surface area contributed by atoms with E-state index in [1.165, 1.54) is 12.1 Å². The Morgan fingerprint density at radius 1 is 0.935 bits per heavy atom. The summed E-state index contributed by atoms with van der Waals surface area (Å²) < 4.78 is 31.1. The van der Waals surface area contributed by atoms with Crippen LogP contribution in [0.25, 0.3) is 28.0 Å². The number of benzene rings is 3. The van der Waals surface area contributed by atoms with Crippen LogP contribution in [0.2, 0.25) is 0 Å². The third-order valence-corrected chi connectivity index (χ3v) is 8.14. The summed E-state index contributed by atoms with van der Waals surface area (Å²) in [5.41, 5.74) is 2.12. The second-order valence-corrected chi connectivity index (χ2v) is 11.2. The average molecular weight is 625 g/mol. The van der Waals surface area contributed by atoms with Gasteiger partial charge >= 0.3 is 0 Å². The monoisotopic (exact) mass is 624 g/mol. The van der Waals surface area contributed by atoms with Crippen LogP contribution in [0, 0.1) is 18.6 Å². The molecule has 10 heteroatoms. The molecule has 1 amide bonds. The van der Waals surface area contributed by atoms with E-state index in [1.807, 2.05) is 50.2 Å². The smallest absolute Gasteiger partial charge is 0.256 e. The fraction of sp³-hybridized carbons (Fsp3) is 0.278. The van der Waals surface area contributed by atoms with Gasteiger partial charge in [-0.3, -0.25) is 14.2 Å². The molecule has 46 heavy (non-hydrogen) atoms. The summed E-state index contributed by atoms with van der Waals surface area (Å²) in [6.07, 6.45) is 0.802. The second-order valence-electron chi connectivity index (χ2n) is 11.2. The predicted octanol–water partition coefficient (Wildman–Crippen LogP) is 6.67. The van der Waals surface area contributed by atoms with Crippen molar-refractivity contribution in [3.05, 3.63) is 118 Å². The Morgan fingerprint density at radius 3 is 2.35 bits per heavy atom. The summed E-state index contributed by atoms with van der Waals surface area (Å²) in [5, 5.41) is 6.69. The zero-order chi connectivity index (χ0) is 32.8. The van der Waals surface area contributed by atoms with Gasteiger partial charge in [-0.05, 0) is 81.4 Å². The van der Waals surface area contributed by atoms with Crippen molar-refractivity contribution in [2.24, 2.45) is 0 Å². The third-order valence-electron chi connectivity index (χ3n) is 8.14. The van der Waals surface area contributed by atoms with Crippen molar-refractivity contribution in [1.29, 1.82) is 0 Å². The molecule has 2 heterocycles. The molecule has 2 aromatic heterocycles. The minimum Gasteiger partial charge on any atom is -0.354 e. The van der Waals surface area contributed by atoms with E-state index in [4.69, 9.17) is 4.98 Å². The van der Waals surface area contributed by atoms with E-state index < -0.39 is 22.9 Å². The summed E-state index contributed by atoms with van der Waals surface area (Å²) >= 11 is 0. The highest BCUT2D eigenvalue weighted by Gasteiger charge is 2.21. The van der Waals surface area contributed by atoms with E-state index in [0.29, 0.717) is 28.8 Å². The number of pyridine rings is 1. The molecule has 2 N–H and O–H groups in total. The zero-order valence-electron chi connectivity index (χ0n) is 26.5. The number of fused-ring (bicyclic) bond motifs is 1. The molecule has 0 aliphatic carbocycles. The Hall–Kier alpha value is -4.96. The van der Waals surface area contributed by atoms with Gasteiger partial charge < -0.3 is 15.5 Å². The van der Waals surface area contributed by atoms with Crippen LogP contribution >= 0.6 is 0 Å². The molecule has 238 valence electrons. The van der Waals surface area contributed by atoms with Gasteiger partial charge in [-0.1, -0.05) is 56.3 Å². The van der Waals surface area contributed by atoms with Crippen molar-refractivity contribution < 1.29 is 13.6 Å². The molecule has 8 nitrogen and oxygen atoms in total. The highest BCUT2D eigenvalue weighted by Crippen LogP contribution is 2.32. The van der Waals surface area contributed by atoms with E-state index in [0.717, 1.165) is 53.9 Å². The Kier molecular flexibility index (Phi) is 10.2. The lowest BCUT2D eigenvalue weighted by Crippen LogP contribution is -2.26. The number of para-hydroxylation sites is 1. The van der Waals surface area contributed by atoms with Crippen LogP contribution in [0.1, 0.15) is 54.7 Å². The van der Waals surface area contributed by atoms with Gasteiger partial charge in [-0.25, -0.2) is 13.8 Å². The Morgan fingerprint density at radius 2 is 1.65 bits per heavy atom. The Labute approximate surface area is 267 Å². The summed E-state index contributed by atoms with van der Waals surface area (Å²) in [6.45, 7) is 11.3. The van der Waals surface area contributed by atoms with E-state index >= 15 is 8.78 Å². The van der Waals surface area contributed by atoms with Crippen LogP contribution in [-0.2, 0) is 0 Å². The van der Waals surface area contributed by atoms with Gasteiger partial charge in [-0.2, -0.15) is 4.98 Å². The molecule has 5 aromatic rings. The fourth-order valence-corrected chi connectivity index (χ4v) is 5.48. The standard InChI is InChI=1S/C36H38F2N6O2/c1-5-43(6-2)21-11-20-39-36-41-32(27-18-19-31(45)44(34(27)42-36)33-29(37)14-10-15-30(33)38)28-22-26(17-16-23(28)3)35(46)40-24(4)25-12-8-7-9-13-25/h7-10,12-19,22,24H,5-6,11,20-21H2,1-4H3,(H,40,46)(H,39,41,42)/t24-/m0/s1. The molecule has 5 rings (SSSR count). The highest BCUT2D eigenvalue weighted by atomic mass is 19.1. The van der Waals surface area contributed by atoms with Crippen molar-refractivity contribution in [2.75, 3.05) is 31.5 Å². The minimum atomic E-state index is -0.897. The summed E-state index contributed by atoms with van der Waals surface area (Å²) in [7, 11) is 0. The predicted molar refractivity (Wildman–Crippen MR) is 178 cm³/mol. The molecule has 0 unspecified atom stereocenters. The zero-order valence-corrected chi connectivity index (χ0v) is 26.5. The third kappa shape index (κ3) is 6.97. The number of nitrogens with one attached hydrogen (secondary N) is 2. The maximum atomic E-state index is 15.1. The Bertz CT molecular complexity index is 1890. The maximum Gasteiger partial charge on any atom is 0.256 e. The number of hydrogen-bond acceptors (Lipinski definition) is 6.